The SMILES string of the molecule is COc1ccc2c(n1)N=C[C@H]2C(=O)O. The molecule has 0 amide bonds. The maximum Gasteiger partial charge on any atom is 0.316 e. The van der Waals surface area contributed by atoms with Crippen LogP contribution >= 0.6 is 0 Å². The number of pyridine rings is 1. The number of carbonyl (C=O) groups is 1. The van der Waals surface area contributed by atoms with Crippen LogP contribution in [-0.4, -0.2) is 29.4 Å². The van der Waals surface area contributed by atoms with Crippen LogP contribution in [0.25, 0.3) is 0 Å². The van der Waals surface area contributed by atoms with Gasteiger partial charge in [-0.25, -0.2) is 4.99 Å². The van der Waals surface area contributed by atoms with Gasteiger partial charge in [0.15, 0.2) is 5.82 Å². The number of carboxylic acid groups (broad SMARTS) is 1. The van der Waals surface area contributed by atoms with Gasteiger partial charge in [-0.1, -0.05) is 0 Å². The number of rotatable bonds is 2. The molecule has 5 nitrogen and oxygen atoms in total. The second-order valence-corrected chi connectivity index (χ2v) is 2.86. The van der Waals surface area contributed by atoms with Crippen molar-refractivity contribution < 1.29 is 14.6 Å². The fourth-order valence-corrected chi connectivity index (χ4v) is 1.32. The van der Waals surface area contributed by atoms with Gasteiger partial charge in [0.25, 0.3) is 0 Å². The molecule has 0 bridgehead atoms. The fourth-order valence-electron chi connectivity index (χ4n) is 1.32. The first-order valence-corrected chi connectivity index (χ1v) is 4.04. The van der Waals surface area contributed by atoms with Gasteiger partial charge in [-0.3, -0.25) is 4.79 Å². The van der Waals surface area contributed by atoms with E-state index in [1.165, 1.54) is 13.3 Å². The molecular weight excluding hydrogens is 184 g/mol. The van der Waals surface area contributed by atoms with E-state index in [1.54, 1.807) is 12.1 Å². The molecule has 0 aromatic carbocycles. The molecule has 72 valence electrons. The zero-order valence-electron chi connectivity index (χ0n) is 7.47. The van der Waals surface area contributed by atoms with E-state index in [1.807, 2.05) is 0 Å². The summed E-state index contributed by atoms with van der Waals surface area (Å²) in [4.78, 5) is 18.7. The largest absolute Gasteiger partial charge is 0.481 e. The predicted octanol–water partition coefficient (Wildman–Crippen LogP) is 0.974. The third kappa shape index (κ3) is 1.22. The maximum atomic E-state index is 10.8. The lowest BCUT2D eigenvalue weighted by Gasteiger charge is -2.04. The highest BCUT2D eigenvalue weighted by molar-refractivity contribution is 5.99. The van der Waals surface area contributed by atoms with Crippen LogP contribution in [0.5, 0.6) is 5.88 Å². The molecule has 0 fully saturated rings. The molecule has 0 saturated heterocycles. The van der Waals surface area contributed by atoms with Gasteiger partial charge in [-0.05, 0) is 6.07 Å². The van der Waals surface area contributed by atoms with Crippen molar-refractivity contribution in [1.82, 2.24) is 4.98 Å². The number of aromatic nitrogens is 1. The molecule has 0 radical (unpaired) electrons. The van der Waals surface area contributed by atoms with Crippen LogP contribution in [0.3, 0.4) is 0 Å². The highest BCUT2D eigenvalue weighted by Gasteiger charge is 2.26. The minimum absolute atomic E-state index is 0.428. The lowest BCUT2D eigenvalue weighted by atomic mass is 10.0. The van der Waals surface area contributed by atoms with Crippen LogP contribution in [-0.2, 0) is 4.79 Å². The Morgan fingerprint density at radius 2 is 2.36 bits per heavy atom. The standard InChI is InChI=1S/C9H8N2O3/c1-14-7-3-2-5-6(9(12)13)4-10-8(5)11-7/h2-4,6H,1H3,(H,12,13)/t6-/m1/s1. The molecule has 0 unspecified atom stereocenters. The summed E-state index contributed by atoms with van der Waals surface area (Å²) >= 11 is 0. The molecular formula is C9H8N2O3. The van der Waals surface area contributed by atoms with Crippen molar-refractivity contribution in [2.75, 3.05) is 7.11 Å². The summed E-state index contributed by atoms with van der Waals surface area (Å²) in [5, 5.41) is 8.84. The van der Waals surface area contributed by atoms with E-state index in [9.17, 15) is 4.79 Å². The van der Waals surface area contributed by atoms with E-state index in [0.29, 0.717) is 17.3 Å². The lowest BCUT2D eigenvalue weighted by molar-refractivity contribution is -0.136. The number of nitrogens with zero attached hydrogens (tertiary/aromatic N) is 2. The Balaban J connectivity index is 2.43. The van der Waals surface area contributed by atoms with Gasteiger partial charge in [0, 0.05) is 17.8 Å². The number of carboxylic acids is 1. The third-order valence-electron chi connectivity index (χ3n) is 2.04. The summed E-state index contributed by atoms with van der Waals surface area (Å²) in [6, 6.07) is 3.30. The molecule has 1 aliphatic heterocycles. The highest BCUT2D eigenvalue weighted by Crippen LogP contribution is 2.31. The Morgan fingerprint density at radius 1 is 1.57 bits per heavy atom. The average molecular weight is 192 g/mol. The molecule has 0 aliphatic carbocycles. The van der Waals surface area contributed by atoms with Gasteiger partial charge in [0.05, 0.1) is 7.11 Å². The summed E-state index contributed by atoms with van der Waals surface area (Å²) in [6.07, 6.45) is 1.37. The molecule has 2 rings (SSSR count). The van der Waals surface area contributed by atoms with Crippen LogP contribution in [0.1, 0.15) is 11.5 Å². The monoisotopic (exact) mass is 192 g/mol. The second kappa shape index (κ2) is 3.10. The molecule has 5 heteroatoms. The van der Waals surface area contributed by atoms with Crippen molar-refractivity contribution in [3.05, 3.63) is 17.7 Å². The number of aliphatic carboxylic acids is 1. The molecule has 1 atom stereocenters. The van der Waals surface area contributed by atoms with E-state index in [2.05, 4.69) is 9.98 Å². The van der Waals surface area contributed by atoms with Gasteiger partial charge in [-0.2, -0.15) is 4.98 Å². The van der Waals surface area contributed by atoms with Crippen molar-refractivity contribution in [2.24, 2.45) is 4.99 Å². The zero-order valence-corrected chi connectivity index (χ0v) is 7.47. The van der Waals surface area contributed by atoms with Crippen LogP contribution in [0.15, 0.2) is 17.1 Å². The Morgan fingerprint density at radius 3 is 3.00 bits per heavy atom. The van der Waals surface area contributed by atoms with Crippen molar-refractivity contribution in [2.45, 2.75) is 5.92 Å². The first-order valence-electron chi connectivity index (χ1n) is 4.04. The number of hydrogen-bond acceptors (Lipinski definition) is 4. The predicted molar refractivity (Wildman–Crippen MR) is 49.3 cm³/mol. The van der Waals surface area contributed by atoms with Crippen molar-refractivity contribution in [3.63, 3.8) is 0 Å². The third-order valence-corrected chi connectivity index (χ3v) is 2.04. The number of methoxy groups -OCH3 is 1. The minimum Gasteiger partial charge on any atom is -0.481 e. The average Bonchev–Trinajstić information content (AvgIpc) is 2.59. The van der Waals surface area contributed by atoms with Crippen LogP contribution in [0, 0.1) is 0 Å². The van der Waals surface area contributed by atoms with Crippen molar-refractivity contribution in [3.8, 4) is 5.88 Å². The van der Waals surface area contributed by atoms with Gasteiger partial charge in [-0.15, -0.1) is 0 Å². The molecule has 1 aromatic rings. The van der Waals surface area contributed by atoms with E-state index < -0.39 is 11.9 Å². The minimum atomic E-state index is -0.917. The first-order chi connectivity index (χ1) is 6.72. The molecule has 2 heterocycles. The van der Waals surface area contributed by atoms with Crippen LogP contribution < -0.4 is 4.74 Å². The van der Waals surface area contributed by atoms with Crippen molar-refractivity contribution in [1.29, 1.82) is 0 Å². The number of aliphatic imine (C=N–C) groups is 1. The Bertz CT molecular complexity index is 415. The smallest absolute Gasteiger partial charge is 0.316 e. The number of ether oxygens (including phenoxy) is 1. The van der Waals surface area contributed by atoms with E-state index in [4.69, 9.17) is 9.84 Å². The van der Waals surface area contributed by atoms with E-state index in [0.717, 1.165) is 0 Å². The Hall–Kier alpha value is -1.91. The zero-order chi connectivity index (χ0) is 10.1. The maximum absolute atomic E-state index is 10.8. The molecule has 1 aromatic heterocycles. The molecule has 1 aliphatic rings. The molecule has 1 N–H and O–H groups in total. The Kier molecular flexibility index (Phi) is 1.92. The fraction of sp³-hybridized carbons (Fsp3) is 0.222. The van der Waals surface area contributed by atoms with Gasteiger partial charge in [0.1, 0.15) is 5.92 Å². The second-order valence-electron chi connectivity index (χ2n) is 2.86. The summed E-state index contributed by atoms with van der Waals surface area (Å²) in [7, 11) is 1.50. The van der Waals surface area contributed by atoms with E-state index >= 15 is 0 Å². The van der Waals surface area contributed by atoms with Crippen LogP contribution in [0.2, 0.25) is 0 Å². The van der Waals surface area contributed by atoms with Gasteiger partial charge in [0.2, 0.25) is 5.88 Å². The van der Waals surface area contributed by atoms with E-state index in [-0.39, 0.29) is 0 Å². The quantitative estimate of drug-likeness (QED) is 0.757. The topological polar surface area (TPSA) is 71.8 Å². The number of fused-ring (bicyclic) bond motifs is 1. The molecule has 0 saturated carbocycles. The first kappa shape index (κ1) is 8.68. The van der Waals surface area contributed by atoms with Gasteiger partial charge >= 0.3 is 5.97 Å². The molecule has 14 heavy (non-hydrogen) atoms. The molecule has 0 spiro atoms. The summed E-state index contributed by atoms with van der Waals surface area (Å²) < 4.78 is 4.90. The summed E-state index contributed by atoms with van der Waals surface area (Å²) in [6.45, 7) is 0. The normalized spacial score (nSPS) is 17.9. The highest BCUT2D eigenvalue weighted by atomic mass is 16.5. The summed E-state index contributed by atoms with van der Waals surface area (Å²) in [5.41, 5.74) is 0.610. The van der Waals surface area contributed by atoms with Crippen molar-refractivity contribution >= 4 is 18.0 Å². The van der Waals surface area contributed by atoms with Crippen LogP contribution in [0.4, 0.5) is 5.82 Å². The number of hydrogen-bond donors (Lipinski definition) is 1. The Labute approximate surface area is 80.1 Å². The lowest BCUT2D eigenvalue weighted by Crippen LogP contribution is -2.09. The summed E-state index contributed by atoms with van der Waals surface area (Å²) in [5.74, 6) is -0.730. The van der Waals surface area contributed by atoms with Gasteiger partial charge < -0.3 is 9.84 Å².